The van der Waals surface area contributed by atoms with Crippen molar-refractivity contribution in [1.29, 1.82) is 0 Å². The number of benzene rings is 1. The van der Waals surface area contributed by atoms with Gasteiger partial charge in [0.15, 0.2) is 5.82 Å². The molecule has 0 saturated carbocycles. The SMILES string of the molecule is Cc1c(-c2cc3cc(N(C(=O)O)C4CCOCC4)ncc3c(N)c2F)cnc2c1NCCC2. The maximum Gasteiger partial charge on any atom is 0.413 e. The number of hydrogen-bond acceptors (Lipinski definition) is 6. The van der Waals surface area contributed by atoms with E-state index in [9.17, 15) is 9.90 Å². The van der Waals surface area contributed by atoms with Crippen LogP contribution in [0.25, 0.3) is 21.9 Å². The number of nitrogens with zero attached hydrogens (tertiary/aromatic N) is 3. The number of nitrogens with two attached hydrogens (primary N) is 1. The fraction of sp³-hybridized carbons (Fsp3) is 0.375. The van der Waals surface area contributed by atoms with Gasteiger partial charge in [0, 0.05) is 54.7 Å². The zero-order valence-corrected chi connectivity index (χ0v) is 18.4. The van der Waals surface area contributed by atoms with E-state index in [0.717, 1.165) is 36.3 Å². The molecule has 8 nitrogen and oxygen atoms in total. The summed E-state index contributed by atoms with van der Waals surface area (Å²) in [4.78, 5) is 22.2. The highest BCUT2D eigenvalue weighted by molar-refractivity contribution is 5.99. The van der Waals surface area contributed by atoms with Crippen molar-refractivity contribution in [3.05, 3.63) is 41.6 Å². The zero-order chi connectivity index (χ0) is 23.1. The zero-order valence-electron chi connectivity index (χ0n) is 18.4. The molecule has 1 fully saturated rings. The Bertz CT molecular complexity index is 1240. The van der Waals surface area contributed by atoms with Crippen LogP contribution in [-0.2, 0) is 11.2 Å². The lowest BCUT2D eigenvalue weighted by Gasteiger charge is -2.31. The summed E-state index contributed by atoms with van der Waals surface area (Å²) in [6, 6.07) is 3.14. The Hall–Kier alpha value is -3.46. The van der Waals surface area contributed by atoms with Crippen molar-refractivity contribution in [1.82, 2.24) is 9.97 Å². The predicted molar refractivity (Wildman–Crippen MR) is 125 cm³/mol. The van der Waals surface area contributed by atoms with Crippen LogP contribution in [-0.4, -0.2) is 47.0 Å². The molecule has 0 atom stereocenters. The molecule has 0 spiro atoms. The van der Waals surface area contributed by atoms with E-state index >= 15 is 4.39 Å². The largest absolute Gasteiger partial charge is 0.465 e. The Morgan fingerprint density at radius 2 is 2.03 bits per heavy atom. The first-order chi connectivity index (χ1) is 16.0. The highest BCUT2D eigenvalue weighted by Crippen LogP contribution is 2.38. The molecule has 1 saturated heterocycles. The van der Waals surface area contributed by atoms with Gasteiger partial charge >= 0.3 is 6.09 Å². The Kier molecular flexibility index (Phi) is 5.49. The van der Waals surface area contributed by atoms with Crippen LogP contribution in [0.3, 0.4) is 0 Å². The number of anilines is 3. The summed E-state index contributed by atoms with van der Waals surface area (Å²) in [6.45, 7) is 3.81. The van der Waals surface area contributed by atoms with Crippen molar-refractivity contribution in [2.75, 3.05) is 35.7 Å². The standard InChI is InChI=1S/C24H26FN5O3/c1-13-17(11-28-19-3-2-6-27-23(13)19)16-9-14-10-20(29-12-18(14)22(26)21(16)25)30(24(31)32)15-4-7-33-8-5-15/h9-12,15,27H,2-8,26H2,1H3,(H,31,32). The van der Waals surface area contributed by atoms with E-state index in [4.69, 9.17) is 10.5 Å². The topological polar surface area (TPSA) is 114 Å². The van der Waals surface area contributed by atoms with Crippen molar-refractivity contribution in [2.45, 2.75) is 38.6 Å². The number of aryl methyl sites for hydroxylation is 1. The van der Waals surface area contributed by atoms with E-state index in [0.29, 0.717) is 53.8 Å². The van der Waals surface area contributed by atoms with Crippen LogP contribution in [0.15, 0.2) is 24.5 Å². The summed E-state index contributed by atoms with van der Waals surface area (Å²) >= 11 is 0. The summed E-state index contributed by atoms with van der Waals surface area (Å²) in [7, 11) is 0. The number of hydrogen-bond donors (Lipinski definition) is 3. The minimum absolute atomic E-state index is 0.0143. The van der Waals surface area contributed by atoms with E-state index in [1.54, 1.807) is 18.3 Å². The van der Waals surface area contributed by atoms with Crippen molar-refractivity contribution < 1.29 is 19.0 Å². The number of carboxylic acid groups (broad SMARTS) is 1. The maximum absolute atomic E-state index is 15.4. The van der Waals surface area contributed by atoms with Gasteiger partial charge in [0.2, 0.25) is 0 Å². The third kappa shape index (κ3) is 3.72. The molecule has 4 heterocycles. The first-order valence-electron chi connectivity index (χ1n) is 11.2. The van der Waals surface area contributed by atoms with Crippen LogP contribution >= 0.6 is 0 Å². The van der Waals surface area contributed by atoms with Gasteiger partial charge in [-0.3, -0.25) is 9.88 Å². The van der Waals surface area contributed by atoms with Crippen LogP contribution in [0.5, 0.6) is 0 Å². The van der Waals surface area contributed by atoms with Gasteiger partial charge in [-0.2, -0.15) is 0 Å². The normalized spacial score (nSPS) is 16.3. The number of ether oxygens (including phenoxy) is 1. The van der Waals surface area contributed by atoms with Crippen molar-refractivity contribution >= 4 is 34.1 Å². The number of amides is 1. The molecule has 0 bridgehead atoms. The lowest BCUT2D eigenvalue weighted by atomic mass is 9.95. The molecule has 2 aliphatic heterocycles. The highest BCUT2D eigenvalue weighted by atomic mass is 19.1. The lowest BCUT2D eigenvalue weighted by Crippen LogP contribution is -2.43. The number of nitrogens with one attached hydrogen (secondary N) is 1. The van der Waals surface area contributed by atoms with Gasteiger partial charge in [0.1, 0.15) is 5.82 Å². The van der Waals surface area contributed by atoms with Gasteiger partial charge in [0.25, 0.3) is 0 Å². The fourth-order valence-corrected chi connectivity index (χ4v) is 4.82. The Morgan fingerprint density at radius 1 is 1.24 bits per heavy atom. The molecular weight excluding hydrogens is 425 g/mol. The first-order valence-corrected chi connectivity index (χ1v) is 11.2. The summed E-state index contributed by atoms with van der Waals surface area (Å²) in [5.74, 6) is -0.238. The quantitative estimate of drug-likeness (QED) is 0.507. The molecule has 33 heavy (non-hydrogen) atoms. The summed E-state index contributed by atoms with van der Waals surface area (Å²) in [5, 5.41) is 14.3. The molecule has 5 rings (SSSR count). The maximum atomic E-state index is 15.4. The monoisotopic (exact) mass is 451 g/mol. The Morgan fingerprint density at radius 3 is 2.79 bits per heavy atom. The summed E-state index contributed by atoms with van der Waals surface area (Å²) in [6.07, 6.45) is 5.15. The van der Waals surface area contributed by atoms with Crippen LogP contribution in [0.2, 0.25) is 0 Å². The Labute approximate surface area is 190 Å². The van der Waals surface area contributed by atoms with Gasteiger partial charge < -0.3 is 20.9 Å². The van der Waals surface area contributed by atoms with Gasteiger partial charge in [-0.05, 0) is 55.7 Å². The smallest absolute Gasteiger partial charge is 0.413 e. The number of nitrogen functional groups attached to an aromatic ring is 1. The van der Waals surface area contributed by atoms with E-state index in [1.807, 2.05) is 6.92 Å². The molecule has 1 amide bonds. The van der Waals surface area contributed by atoms with Gasteiger partial charge in [-0.25, -0.2) is 14.2 Å². The minimum atomic E-state index is -1.08. The number of carbonyl (C=O) groups is 1. The number of pyridine rings is 2. The summed E-state index contributed by atoms with van der Waals surface area (Å²) in [5.41, 5.74) is 10.0. The predicted octanol–water partition coefficient (Wildman–Crippen LogP) is 4.35. The van der Waals surface area contributed by atoms with E-state index < -0.39 is 11.9 Å². The van der Waals surface area contributed by atoms with Crippen LogP contribution < -0.4 is 16.0 Å². The van der Waals surface area contributed by atoms with E-state index in [2.05, 4.69) is 15.3 Å². The number of halogens is 1. The highest BCUT2D eigenvalue weighted by Gasteiger charge is 2.28. The van der Waals surface area contributed by atoms with Crippen molar-refractivity contribution in [2.24, 2.45) is 0 Å². The average molecular weight is 452 g/mol. The molecule has 172 valence electrons. The second kappa shape index (κ2) is 8.47. The van der Waals surface area contributed by atoms with Crippen LogP contribution in [0, 0.1) is 12.7 Å². The second-order valence-electron chi connectivity index (χ2n) is 8.56. The number of aromatic nitrogens is 2. The van der Waals surface area contributed by atoms with Gasteiger partial charge in [0.05, 0.1) is 17.1 Å². The van der Waals surface area contributed by atoms with Crippen LogP contribution in [0.4, 0.5) is 26.4 Å². The lowest BCUT2D eigenvalue weighted by molar-refractivity contribution is 0.0836. The molecule has 1 aromatic carbocycles. The third-order valence-corrected chi connectivity index (χ3v) is 6.59. The molecule has 4 N–H and O–H groups in total. The van der Waals surface area contributed by atoms with Gasteiger partial charge in [-0.1, -0.05) is 0 Å². The second-order valence-corrected chi connectivity index (χ2v) is 8.56. The molecule has 9 heteroatoms. The average Bonchev–Trinajstić information content (AvgIpc) is 2.83. The first kappa shape index (κ1) is 21.4. The molecule has 3 aromatic rings. The number of rotatable bonds is 3. The van der Waals surface area contributed by atoms with E-state index in [1.165, 1.54) is 11.1 Å². The molecule has 0 aliphatic carbocycles. The van der Waals surface area contributed by atoms with Crippen LogP contribution in [0.1, 0.15) is 30.5 Å². The summed E-state index contributed by atoms with van der Waals surface area (Å²) < 4.78 is 20.8. The van der Waals surface area contributed by atoms with E-state index in [-0.39, 0.29) is 11.7 Å². The molecule has 2 aromatic heterocycles. The van der Waals surface area contributed by atoms with Gasteiger partial charge in [-0.15, -0.1) is 0 Å². The molecular formula is C24H26FN5O3. The Balaban J connectivity index is 1.63. The molecule has 0 unspecified atom stereocenters. The molecule has 2 aliphatic rings. The minimum Gasteiger partial charge on any atom is -0.465 e. The van der Waals surface area contributed by atoms with Crippen molar-refractivity contribution in [3.8, 4) is 11.1 Å². The third-order valence-electron chi connectivity index (χ3n) is 6.59. The fourth-order valence-electron chi connectivity index (χ4n) is 4.82. The van der Waals surface area contributed by atoms with Crippen molar-refractivity contribution in [3.63, 3.8) is 0 Å². The number of fused-ring (bicyclic) bond motifs is 2. The molecule has 0 radical (unpaired) electrons.